The molecule has 2 aliphatic rings. The Hall–Kier alpha value is -5.15. The van der Waals surface area contributed by atoms with Crippen LogP contribution >= 0.6 is 23.3 Å². The minimum Gasteiger partial charge on any atom is -0.543 e. The molecule has 0 bridgehead atoms. The molecule has 1 saturated heterocycles. The van der Waals surface area contributed by atoms with Crippen molar-refractivity contribution in [2.45, 2.75) is 50.3 Å². The van der Waals surface area contributed by atoms with E-state index in [4.69, 9.17) is 22.0 Å². The van der Waals surface area contributed by atoms with Crippen molar-refractivity contribution in [3.05, 3.63) is 41.8 Å². The average molecular weight is 701 g/mol. The number of thioether (sulfide) groups is 1. The highest BCUT2D eigenvalue weighted by atomic mass is 32.2. The minimum absolute atomic E-state index is 0.0365. The van der Waals surface area contributed by atoms with Crippen LogP contribution in [0.25, 0.3) is 11.2 Å². The summed E-state index contributed by atoms with van der Waals surface area (Å²) in [6, 6.07) is 1.67. The maximum absolute atomic E-state index is 13.3. The van der Waals surface area contributed by atoms with E-state index in [1.54, 1.807) is 34.4 Å². The van der Waals surface area contributed by atoms with Crippen molar-refractivity contribution in [1.82, 2.24) is 34.4 Å². The van der Waals surface area contributed by atoms with Crippen LogP contribution in [0.3, 0.4) is 0 Å². The fourth-order valence-corrected chi connectivity index (χ4v) is 6.86. The van der Waals surface area contributed by atoms with Crippen LogP contribution in [0.15, 0.2) is 41.1 Å². The molecule has 0 aliphatic carbocycles. The van der Waals surface area contributed by atoms with Gasteiger partial charge in [-0.25, -0.2) is 4.57 Å². The smallest absolute Gasteiger partial charge is 0.349 e. The van der Waals surface area contributed by atoms with Crippen molar-refractivity contribution in [3.63, 3.8) is 0 Å². The van der Waals surface area contributed by atoms with Crippen LogP contribution in [-0.2, 0) is 41.9 Å². The number of primary amides is 1. The molecule has 0 radical (unpaired) electrons. The Bertz CT molecular complexity index is 1820. The number of fused-ring (bicyclic) bond motifs is 2. The number of pyridine rings is 1. The van der Waals surface area contributed by atoms with Gasteiger partial charge < -0.3 is 42.6 Å². The number of nitrogens with one attached hydrogen (secondary N) is 2. The van der Waals surface area contributed by atoms with Gasteiger partial charge in [0.05, 0.1) is 23.9 Å². The number of hydrogen-bond acceptors (Lipinski definition) is 15. The predicted octanol–water partition coefficient (Wildman–Crippen LogP) is -3.69. The molecule has 254 valence electrons. The van der Waals surface area contributed by atoms with Gasteiger partial charge in [0, 0.05) is 29.4 Å². The molecule has 0 saturated carbocycles. The number of carbonyl (C=O) groups is 5. The van der Waals surface area contributed by atoms with Gasteiger partial charge in [-0.3, -0.25) is 28.6 Å². The third kappa shape index (κ3) is 7.21. The monoisotopic (exact) mass is 700 g/mol. The highest BCUT2D eigenvalue weighted by Crippen LogP contribution is 2.40. The summed E-state index contributed by atoms with van der Waals surface area (Å²) in [7, 11) is 0. The van der Waals surface area contributed by atoms with Crippen LogP contribution in [-0.4, -0.2) is 95.5 Å². The zero-order chi connectivity index (χ0) is 34.5. The molecule has 48 heavy (non-hydrogen) atoms. The highest BCUT2D eigenvalue weighted by molar-refractivity contribution is 8.00. The Morgan fingerprint density at radius 3 is 2.79 bits per heavy atom. The van der Waals surface area contributed by atoms with Crippen molar-refractivity contribution in [2.24, 2.45) is 16.6 Å². The van der Waals surface area contributed by atoms with Crippen molar-refractivity contribution in [3.8, 4) is 0 Å². The minimum atomic E-state index is -1.54. The molecule has 3 atom stereocenters. The summed E-state index contributed by atoms with van der Waals surface area (Å²) >= 11 is 2.13. The van der Waals surface area contributed by atoms with E-state index in [9.17, 15) is 29.1 Å². The Balaban J connectivity index is 1.27. The number of imidazole rings is 1. The number of amides is 4. The summed E-state index contributed by atoms with van der Waals surface area (Å²) in [5.74, 6) is -3.72. The molecule has 8 N–H and O–H groups in total. The second kappa shape index (κ2) is 14.7. The molecule has 0 spiro atoms. The number of anilines is 1. The standard InChI is InChI=1S/C27H32N12O7S2/c1-2-46-35-17(21-34-27(30)48-36-21)23(42)33-18-24(43)39-19(26(44)45)13(11-47-25(18)39)9-37-8-4-6-15-22(37)32-12-38(15)10-16(40)31-7-3-5-14(28)20(29)41/h4,6,8,12,14,18,25H,2-3,5,7,9-11,28H2,1H3,(H6-,29,30,31,33,34,36,40,41,42,44,45)/b35-17-. The van der Waals surface area contributed by atoms with E-state index in [1.807, 2.05) is 0 Å². The number of carboxylic acids is 1. The Morgan fingerprint density at radius 1 is 1.31 bits per heavy atom. The third-order valence-corrected chi connectivity index (χ3v) is 9.27. The fraction of sp³-hybridized carbons (Fsp3) is 0.407. The number of nitrogen functional groups attached to an aromatic ring is 1. The first-order valence-electron chi connectivity index (χ1n) is 14.6. The number of oxime groups is 1. The van der Waals surface area contributed by atoms with Gasteiger partial charge in [-0.15, -0.1) is 11.8 Å². The van der Waals surface area contributed by atoms with Crippen LogP contribution in [0.5, 0.6) is 0 Å². The van der Waals surface area contributed by atoms with Gasteiger partial charge in [-0.2, -0.15) is 9.36 Å². The summed E-state index contributed by atoms with van der Waals surface area (Å²) in [6.45, 7) is 2.16. The first kappa shape index (κ1) is 34.2. The lowest BCUT2D eigenvalue weighted by atomic mass is 10.0. The molecular weight excluding hydrogens is 669 g/mol. The van der Waals surface area contributed by atoms with Crippen molar-refractivity contribution in [1.29, 1.82) is 0 Å². The van der Waals surface area contributed by atoms with Gasteiger partial charge in [0.25, 0.3) is 11.8 Å². The summed E-state index contributed by atoms with van der Waals surface area (Å²) in [6.07, 6.45) is 4.02. The van der Waals surface area contributed by atoms with Gasteiger partial charge in [0.15, 0.2) is 5.13 Å². The van der Waals surface area contributed by atoms with Crippen LogP contribution in [0.1, 0.15) is 25.6 Å². The summed E-state index contributed by atoms with van der Waals surface area (Å²) in [5, 5.41) is 20.9. The van der Waals surface area contributed by atoms with Crippen molar-refractivity contribution >= 4 is 74.9 Å². The molecule has 2 aliphatic heterocycles. The van der Waals surface area contributed by atoms with Crippen LogP contribution < -0.4 is 37.5 Å². The summed E-state index contributed by atoms with van der Waals surface area (Å²) in [5.41, 5.74) is 17.3. The maximum atomic E-state index is 13.3. The van der Waals surface area contributed by atoms with Crippen LogP contribution in [0.2, 0.25) is 0 Å². The number of hydrogen-bond donors (Lipinski definition) is 5. The number of β-lactam (4-membered cyclic amide) rings is 1. The number of carboxylic acid groups (broad SMARTS) is 1. The van der Waals surface area contributed by atoms with Gasteiger partial charge in [-0.05, 0) is 36.9 Å². The zero-order valence-electron chi connectivity index (χ0n) is 25.5. The number of aromatic nitrogens is 5. The molecule has 1 fully saturated rings. The number of rotatable bonds is 15. The fourth-order valence-electron chi connectivity index (χ4n) is 5.09. The van der Waals surface area contributed by atoms with Gasteiger partial charge in [-0.1, -0.05) is 5.16 Å². The summed E-state index contributed by atoms with van der Waals surface area (Å²) < 4.78 is 7.33. The molecule has 21 heteroatoms. The predicted molar refractivity (Wildman–Crippen MR) is 169 cm³/mol. The van der Waals surface area contributed by atoms with E-state index in [0.717, 1.165) is 16.4 Å². The largest absolute Gasteiger partial charge is 0.543 e. The van der Waals surface area contributed by atoms with E-state index >= 15 is 0 Å². The topological polar surface area (TPSA) is 283 Å². The lowest BCUT2D eigenvalue weighted by Crippen LogP contribution is -2.71. The normalized spacial score (nSPS) is 18.2. The number of carbonyl (C=O) groups excluding carboxylic acids is 5. The second-order valence-electron chi connectivity index (χ2n) is 10.6. The highest BCUT2D eigenvalue weighted by Gasteiger charge is 2.53. The second-order valence-corrected chi connectivity index (χ2v) is 12.5. The number of nitrogens with two attached hydrogens (primary N) is 3. The summed E-state index contributed by atoms with van der Waals surface area (Å²) in [4.78, 5) is 76.9. The molecule has 19 nitrogen and oxygen atoms in total. The van der Waals surface area contributed by atoms with Crippen LogP contribution in [0.4, 0.5) is 5.13 Å². The van der Waals surface area contributed by atoms with E-state index in [0.29, 0.717) is 36.1 Å². The molecule has 3 aromatic heterocycles. The number of aliphatic carboxylic acids is 1. The van der Waals surface area contributed by atoms with Gasteiger partial charge in [0.1, 0.15) is 36.6 Å². The molecule has 5 heterocycles. The third-order valence-electron chi connectivity index (χ3n) is 7.39. The molecule has 3 unspecified atom stereocenters. The number of nitrogens with zero attached hydrogens (tertiary/aromatic N) is 7. The van der Waals surface area contributed by atoms with E-state index in [-0.39, 0.29) is 53.7 Å². The zero-order valence-corrected chi connectivity index (χ0v) is 27.2. The van der Waals surface area contributed by atoms with E-state index in [2.05, 4.69) is 30.1 Å². The van der Waals surface area contributed by atoms with Gasteiger partial charge >= 0.3 is 5.65 Å². The van der Waals surface area contributed by atoms with Crippen molar-refractivity contribution < 1.29 is 38.5 Å². The quantitative estimate of drug-likeness (QED) is 0.0336. The van der Waals surface area contributed by atoms with E-state index in [1.165, 1.54) is 18.1 Å². The molecule has 4 amide bonds. The SMILES string of the molecule is CCO/N=C(\C(=O)NC1C(=O)N2C(C(=O)[O-])=C(C[n+]3cccc4c3ncn4CC(=O)NCCCC(N)C(N)=O)CSC12)c1nsc(N)n1. The molecule has 5 rings (SSSR count). The Labute approximate surface area is 280 Å². The molecule has 0 aromatic carbocycles. The van der Waals surface area contributed by atoms with E-state index < -0.39 is 41.1 Å². The van der Waals surface area contributed by atoms with Crippen molar-refractivity contribution in [2.75, 3.05) is 24.6 Å². The first-order valence-corrected chi connectivity index (χ1v) is 16.5. The molecular formula is C27H32N12O7S2. The van der Waals surface area contributed by atoms with Crippen LogP contribution in [0, 0.1) is 0 Å². The maximum Gasteiger partial charge on any atom is 0.349 e. The van der Waals surface area contributed by atoms with Gasteiger partial charge in [0.2, 0.25) is 29.7 Å². The lowest BCUT2D eigenvalue weighted by Gasteiger charge is -2.50. The average Bonchev–Trinajstić information content (AvgIpc) is 3.67. The lowest BCUT2D eigenvalue weighted by molar-refractivity contribution is -0.664. The molecule has 3 aromatic rings. The Kier molecular flexibility index (Phi) is 10.5. The first-order chi connectivity index (χ1) is 23.0. The Morgan fingerprint density at radius 2 is 2.10 bits per heavy atom.